The van der Waals surface area contributed by atoms with Crippen molar-refractivity contribution >= 4 is 21.8 Å². The summed E-state index contributed by atoms with van der Waals surface area (Å²) in [7, 11) is -3.50. The third-order valence-electron chi connectivity index (χ3n) is 4.73. The smallest absolute Gasteiger partial charge is 0.252 e. The van der Waals surface area contributed by atoms with Crippen LogP contribution in [-0.4, -0.2) is 50.8 Å². The first kappa shape index (κ1) is 22.3. The van der Waals surface area contributed by atoms with Gasteiger partial charge in [-0.25, -0.2) is 8.42 Å². The fourth-order valence-electron chi connectivity index (χ4n) is 3.11. The first-order valence-corrected chi connectivity index (χ1v) is 11.2. The Balaban J connectivity index is 1.49. The van der Waals surface area contributed by atoms with Crippen molar-refractivity contribution in [1.82, 2.24) is 9.62 Å². The molecule has 1 saturated heterocycles. The van der Waals surface area contributed by atoms with Crippen molar-refractivity contribution in [3.05, 3.63) is 59.7 Å². The SMILES string of the molecule is NC(=O)c1ccccc1OCC#CCNC(=O)c1ccc(S(=O)(=O)N2CCCC2)cc1. The standard InChI is InChI=1S/C22H23N3O5S/c23-21(26)19-7-1-2-8-20(19)30-16-6-3-13-24-22(27)17-9-11-18(12-10-17)31(28,29)25-14-4-5-15-25/h1-2,7-12H,4-5,13-16H2,(H2,23,26)(H,24,27). The summed E-state index contributed by atoms with van der Waals surface area (Å²) in [6.07, 6.45) is 1.73. The van der Waals surface area contributed by atoms with Gasteiger partial charge in [0.1, 0.15) is 12.4 Å². The van der Waals surface area contributed by atoms with Gasteiger partial charge in [-0.2, -0.15) is 4.31 Å². The van der Waals surface area contributed by atoms with E-state index in [1.807, 2.05) is 0 Å². The van der Waals surface area contributed by atoms with Crippen molar-refractivity contribution in [1.29, 1.82) is 0 Å². The average molecular weight is 442 g/mol. The van der Waals surface area contributed by atoms with Gasteiger partial charge in [0, 0.05) is 18.7 Å². The van der Waals surface area contributed by atoms with Crippen LogP contribution in [0.3, 0.4) is 0 Å². The molecule has 0 atom stereocenters. The van der Waals surface area contributed by atoms with Crippen LogP contribution in [0.5, 0.6) is 5.75 Å². The molecular weight excluding hydrogens is 418 g/mol. The number of benzene rings is 2. The zero-order valence-corrected chi connectivity index (χ0v) is 17.7. The highest BCUT2D eigenvalue weighted by Gasteiger charge is 2.27. The zero-order chi connectivity index (χ0) is 22.3. The van der Waals surface area contributed by atoms with Gasteiger partial charge in [-0.3, -0.25) is 9.59 Å². The third kappa shape index (κ3) is 5.63. The number of carbonyl (C=O) groups is 2. The van der Waals surface area contributed by atoms with Gasteiger partial charge in [0.15, 0.2) is 0 Å². The van der Waals surface area contributed by atoms with Gasteiger partial charge >= 0.3 is 0 Å². The summed E-state index contributed by atoms with van der Waals surface area (Å²) in [6.45, 7) is 1.18. The number of amides is 2. The Bertz CT molecular complexity index is 1110. The number of hydrogen-bond donors (Lipinski definition) is 2. The quantitative estimate of drug-likeness (QED) is 0.630. The number of para-hydroxylation sites is 1. The lowest BCUT2D eigenvalue weighted by atomic mass is 10.2. The van der Waals surface area contributed by atoms with Crippen molar-refractivity contribution in [3.8, 4) is 17.6 Å². The van der Waals surface area contributed by atoms with Crippen LogP contribution in [0.15, 0.2) is 53.4 Å². The van der Waals surface area contributed by atoms with Crippen LogP contribution in [0.2, 0.25) is 0 Å². The minimum Gasteiger partial charge on any atom is -0.480 e. The fourth-order valence-corrected chi connectivity index (χ4v) is 4.62. The van der Waals surface area contributed by atoms with Gasteiger partial charge in [-0.05, 0) is 49.2 Å². The number of ether oxygens (including phenoxy) is 1. The molecule has 31 heavy (non-hydrogen) atoms. The third-order valence-corrected chi connectivity index (χ3v) is 6.65. The molecule has 2 amide bonds. The Morgan fingerprint density at radius 1 is 1.03 bits per heavy atom. The van der Waals surface area contributed by atoms with E-state index in [2.05, 4.69) is 17.2 Å². The maximum atomic E-state index is 12.5. The summed E-state index contributed by atoms with van der Waals surface area (Å²) in [5.74, 6) is 4.89. The van der Waals surface area contributed by atoms with Gasteiger partial charge in [0.2, 0.25) is 10.0 Å². The Hall–Kier alpha value is -3.35. The van der Waals surface area contributed by atoms with E-state index >= 15 is 0 Å². The largest absolute Gasteiger partial charge is 0.480 e. The molecule has 0 bridgehead atoms. The maximum absolute atomic E-state index is 12.5. The van der Waals surface area contributed by atoms with Gasteiger partial charge in [-0.15, -0.1) is 0 Å². The number of nitrogens with zero attached hydrogens (tertiary/aromatic N) is 1. The van der Waals surface area contributed by atoms with Gasteiger partial charge < -0.3 is 15.8 Å². The molecule has 0 saturated carbocycles. The van der Waals surface area contributed by atoms with E-state index in [9.17, 15) is 18.0 Å². The van der Waals surface area contributed by atoms with Crippen molar-refractivity contribution in [3.63, 3.8) is 0 Å². The van der Waals surface area contributed by atoms with Crippen molar-refractivity contribution in [2.75, 3.05) is 26.2 Å². The van der Waals surface area contributed by atoms with E-state index in [-0.39, 0.29) is 29.5 Å². The zero-order valence-electron chi connectivity index (χ0n) is 16.8. The number of hydrogen-bond acceptors (Lipinski definition) is 5. The predicted octanol–water partition coefficient (Wildman–Crippen LogP) is 1.38. The lowest BCUT2D eigenvalue weighted by Gasteiger charge is -2.15. The molecule has 1 heterocycles. The second-order valence-corrected chi connectivity index (χ2v) is 8.76. The van der Waals surface area contributed by atoms with Crippen LogP contribution in [0, 0.1) is 11.8 Å². The van der Waals surface area contributed by atoms with Crippen molar-refractivity contribution in [2.45, 2.75) is 17.7 Å². The Morgan fingerprint density at radius 2 is 1.71 bits per heavy atom. The molecule has 1 aliphatic heterocycles. The van der Waals surface area contributed by atoms with Crippen LogP contribution >= 0.6 is 0 Å². The van der Waals surface area contributed by atoms with E-state index in [4.69, 9.17) is 10.5 Å². The molecule has 0 spiro atoms. The molecule has 8 nitrogen and oxygen atoms in total. The molecule has 0 radical (unpaired) electrons. The van der Waals surface area contributed by atoms with E-state index in [1.165, 1.54) is 28.6 Å². The van der Waals surface area contributed by atoms with E-state index in [0.29, 0.717) is 24.4 Å². The molecule has 0 aromatic heterocycles. The van der Waals surface area contributed by atoms with E-state index in [0.717, 1.165) is 12.8 Å². The van der Waals surface area contributed by atoms with E-state index in [1.54, 1.807) is 24.3 Å². The molecule has 162 valence electrons. The van der Waals surface area contributed by atoms with E-state index < -0.39 is 15.9 Å². The lowest BCUT2D eigenvalue weighted by molar-refractivity contribution is 0.0956. The molecule has 1 aliphatic rings. The number of sulfonamides is 1. The summed E-state index contributed by atoms with van der Waals surface area (Å²) in [6, 6.07) is 12.4. The maximum Gasteiger partial charge on any atom is 0.252 e. The Labute approximate surface area is 181 Å². The molecule has 3 N–H and O–H groups in total. The Kier molecular flexibility index (Phi) is 7.28. The molecule has 2 aromatic carbocycles. The number of nitrogens with two attached hydrogens (primary N) is 1. The minimum atomic E-state index is -3.50. The molecule has 0 unspecified atom stereocenters. The van der Waals surface area contributed by atoms with Crippen LogP contribution in [0.25, 0.3) is 0 Å². The molecule has 3 rings (SSSR count). The summed E-state index contributed by atoms with van der Waals surface area (Å²) in [4.78, 5) is 23.7. The van der Waals surface area contributed by atoms with Crippen LogP contribution in [-0.2, 0) is 10.0 Å². The second kappa shape index (κ2) is 10.1. The van der Waals surface area contributed by atoms with Crippen LogP contribution in [0.4, 0.5) is 0 Å². The second-order valence-electron chi connectivity index (χ2n) is 6.82. The molecule has 9 heteroatoms. The normalized spacial score (nSPS) is 13.8. The topological polar surface area (TPSA) is 119 Å². The number of carbonyl (C=O) groups excluding carboxylic acids is 2. The number of nitrogens with one attached hydrogen (secondary N) is 1. The number of primary amides is 1. The highest BCUT2D eigenvalue weighted by Crippen LogP contribution is 2.21. The first-order valence-electron chi connectivity index (χ1n) is 9.75. The van der Waals surface area contributed by atoms with Crippen molar-refractivity contribution in [2.24, 2.45) is 5.73 Å². The average Bonchev–Trinajstić information content (AvgIpc) is 3.32. The van der Waals surface area contributed by atoms with Crippen LogP contribution < -0.4 is 15.8 Å². The Morgan fingerprint density at radius 3 is 2.39 bits per heavy atom. The van der Waals surface area contributed by atoms with Crippen molar-refractivity contribution < 1.29 is 22.7 Å². The summed E-state index contributed by atoms with van der Waals surface area (Å²) < 4.78 is 31.9. The summed E-state index contributed by atoms with van der Waals surface area (Å²) in [5.41, 5.74) is 5.89. The highest BCUT2D eigenvalue weighted by molar-refractivity contribution is 7.89. The fraction of sp³-hybridized carbons (Fsp3) is 0.273. The summed E-state index contributed by atoms with van der Waals surface area (Å²) >= 11 is 0. The van der Waals surface area contributed by atoms with Gasteiger partial charge in [-0.1, -0.05) is 24.0 Å². The minimum absolute atomic E-state index is 0.0310. The summed E-state index contributed by atoms with van der Waals surface area (Å²) in [5, 5.41) is 2.64. The van der Waals surface area contributed by atoms with Crippen LogP contribution in [0.1, 0.15) is 33.6 Å². The monoisotopic (exact) mass is 441 g/mol. The molecule has 2 aromatic rings. The predicted molar refractivity (Wildman–Crippen MR) is 115 cm³/mol. The van der Waals surface area contributed by atoms with Gasteiger partial charge in [0.25, 0.3) is 11.8 Å². The molecule has 1 fully saturated rings. The number of rotatable bonds is 7. The highest BCUT2D eigenvalue weighted by atomic mass is 32.2. The molecular formula is C22H23N3O5S. The molecule has 0 aliphatic carbocycles. The first-order chi connectivity index (χ1) is 14.9. The van der Waals surface area contributed by atoms with Gasteiger partial charge in [0.05, 0.1) is 17.0 Å². The lowest BCUT2D eigenvalue weighted by Crippen LogP contribution is -2.28.